The van der Waals surface area contributed by atoms with Gasteiger partial charge in [0.25, 0.3) is 0 Å². The number of halogens is 2. The molecule has 0 bridgehead atoms. The van der Waals surface area contributed by atoms with Gasteiger partial charge in [-0.05, 0) is 19.1 Å². The molecule has 0 aliphatic rings. The summed E-state index contributed by atoms with van der Waals surface area (Å²) in [6.07, 6.45) is 0. The highest BCUT2D eigenvalue weighted by Crippen LogP contribution is 2.30. The maximum atomic E-state index is 13.1. The zero-order valence-corrected chi connectivity index (χ0v) is 8.77. The summed E-state index contributed by atoms with van der Waals surface area (Å²) in [5.74, 6) is 4.95. The number of fused-ring (bicyclic) bond motifs is 1. The smallest absolute Gasteiger partial charge is 0.126 e. The number of nitrogen functional groups attached to an aromatic ring is 1. The van der Waals surface area contributed by atoms with E-state index in [4.69, 9.17) is 17.4 Å². The fraction of sp³-hybridized carbons (Fsp3) is 0.100. The van der Waals surface area contributed by atoms with Crippen molar-refractivity contribution in [1.82, 2.24) is 4.98 Å². The van der Waals surface area contributed by atoms with Crippen molar-refractivity contribution in [2.45, 2.75) is 6.92 Å². The summed E-state index contributed by atoms with van der Waals surface area (Å²) in [5.41, 5.74) is 4.41. The van der Waals surface area contributed by atoms with Gasteiger partial charge in [-0.1, -0.05) is 11.6 Å². The van der Waals surface area contributed by atoms with E-state index < -0.39 is 5.82 Å². The van der Waals surface area contributed by atoms with Crippen LogP contribution in [0.2, 0.25) is 5.02 Å². The molecule has 0 radical (unpaired) electrons. The van der Waals surface area contributed by atoms with Gasteiger partial charge in [-0.2, -0.15) is 0 Å². The number of pyridine rings is 1. The molecule has 0 atom stereocenters. The number of nitrogens with one attached hydrogen (secondary N) is 1. The summed E-state index contributed by atoms with van der Waals surface area (Å²) in [6.45, 7) is 1.80. The molecule has 0 amide bonds. The number of nitrogens with zero attached hydrogens (tertiary/aromatic N) is 1. The highest BCUT2D eigenvalue weighted by Gasteiger charge is 2.08. The Balaban J connectivity index is 2.90. The van der Waals surface area contributed by atoms with Gasteiger partial charge in [-0.3, -0.25) is 10.8 Å². The molecule has 0 unspecified atom stereocenters. The molecule has 1 aromatic heterocycles. The normalized spacial score (nSPS) is 10.7. The lowest BCUT2D eigenvalue weighted by atomic mass is 10.1. The zero-order valence-electron chi connectivity index (χ0n) is 8.01. The maximum absolute atomic E-state index is 13.1. The summed E-state index contributed by atoms with van der Waals surface area (Å²) in [5, 5.41) is 0.927. The first kappa shape index (κ1) is 10.1. The van der Waals surface area contributed by atoms with Crippen molar-refractivity contribution in [3.05, 3.63) is 34.7 Å². The van der Waals surface area contributed by atoms with Crippen LogP contribution in [0.5, 0.6) is 0 Å². The first-order chi connectivity index (χ1) is 7.11. The molecule has 15 heavy (non-hydrogen) atoms. The van der Waals surface area contributed by atoms with Gasteiger partial charge in [-0.15, -0.1) is 0 Å². The minimum Gasteiger partial charge on any atom is -0.323 e. The monoisotopic (exact) mass is 225 g/mol. The standard InChI is InChI=1S/C10H9ClFN3/c1-5-2-9(15-13)10-7(11)3-6(12)4-8(10)14-5/h2-4H,13H2,1H3,(H,14,15). The largest absolute Gasteiger partial charge is 0.323 e. The Morgan fingerprint density at radius 1 is 1.40 bits per heavy atom. The SMILES string of the molecule is Cc1cc(NN)c2c(Cl)cc(F)cc2n1. The van der Waals surface area contributed by atoms with E-state index in [0.29, 0.717) is 21.6 Å². The van der Waals surface area contributed by atoms with Gasteiger partial charge in [0.15, 0.2) is 0 Å². The van der Waals surface area contributed by atoms with E-state index in [1.165, 1.54) is 12.1 Å². The van der Waals surface area contributed by atoms with Crippen molar-refractivity contribution >= 4 is 28.2 Å². The molecule has 3 nitrogen and oxygen atoms in total. The van der Waals surface area contributed by atoms with Crippen LogP contribution in [0.1, 0.15) is 5.69 Å². The Morgan fingerprint density at radius 2 is 2.13 bits per heavy atom. The van der Waals surface area contributed by atoms with Crippen LogP contribution in [-0.4, -0.2) is 4.98 Å². The van der Waals surface area contributed by atoms with Gasteiger partial charge >= 0.3 is 0 Å². The Kier molecular flexibility index (Phi) is 2.46. The number of rotatable bonds is 1. The molecule has 0 aliphatic heterocycles. The molecule has 0 saturated heterocycles. The molecular formula is C10H9ClFN3. The molecule has 0 aliphatic carbocycles. The minimum absolute atomic E-state index is 0.297. The molecule has 5 heteroatoms. The average Bonchev–Trinajstić information content (AvgIpc) is 2.14. The van der Waals surface area contributed by atoms with E-state index in [9.17, 15) is 4.39 Å². The Morgan fingerprint density at radius 3 is 2.80 bits per heavy atom. The summed E-state index contributed by atoms with van der Waals surface area (Å²) in [6, 6.07) is 4.32. The van der Waals surface area contributed by atoms with Gasteiger partial charge in [0.05, 0.1) is 16.2 Å². The summed E-state index contributed by atoms with van der Waals surface area (Å²) in [4.78, 5) is 4.19. The van der Waals surface area contributed by atoms with Gasteiger partial charge in [-0.25, -0.2) is 4.39 Å². The van der Waals surface area contributed by atoms with Crippen LogP contribution < -0.4 is 11.3 Å². The number of nitrogens with two attached hydrogens (primary N) is 1. The summed E-state index contributed by atoms with van der Waals surface area (Å²) >= 11 is 5.92. The lowest BCUT2D eigenvalue weighted by molar-refractivity contribution is 0.629. The summed E-state index contributed by atoms with van der Waals surface area (Å²) in [7, 11) is 0. The van der Waals surface area contributed by atoms with Crippen molar-refractivity contribution in [1.29, 1.82) is 0 Å². The maximum Gasteiger partial charge on any atom is 0.126 e. The summed E-state index contributed by atoms with van der Waals surface area (Å²) < 4.78 is 13.1. The number of aryl methyl sites for hydroxylation is 1. The lowest BCUT2D eigenvalue weighted by Crippen LogP contribution is -2.08. The van der Waals surface area contributed by atoms with Crippen LogP contribution >= 0.6 is 11.6 Å². The number of hydrazine groups is 1. The molecule has 0 fully saturated rings. The lowest BCUT2D eigenvalue weighted by Gasteiger charge is -2.08. The molecule has 2 rings (SSSR count). The third-order valence-electron chi connectivity index (χ3n) is 2.11. The number of benzene rings is 1. The number of hydrogen-bond acceptors (Lipinski definition) is 3. The molecule has 1 aromatic carbocycles. The molecule has 3 N–H and O–H groups in total. The third kappa shape index (κ3) is 1.73. The van der Waals surface area contributed by atoms with Crippen LogP contribution in [-0.2, 0) is 0 Å². The van der Waals surface area contributed by atoms with E-state index in [-0.39, 0.29) is 0 Å². The van der Waals surface area contributed by atoms with Gasteiger partial charge in [0.2, 0.25) is 0 Å². The topological polar surface area (TPSA) is 50.9 Å². The minimum atomic E-state index is -0.409. The van der Waals surface area contributed by atoms with E-state index in [1.54, 1.807) is 13.0 Å². The van der Waals surface area contributed by atoms with Gasteiger partial charge in [0, 0.05) is 17.1 Å². The third-order valence-corrected chi connectivity index (χ3v) is 2.41. The van der Waals surface area contributed by atoms with E-state index in [1.807, 2.05) is 0 Å². The van der Waals surface area contributed by atoms with Crippen LogP contribution in [0.15, 0.2) is 18.2 Å². The van der Waals surface area contributed by atoms with E-state index >= 15 is 0 Å². The van der Waals surface area contributed by atoms with Crippen LogP contribution in [0.3, 0.4) is 0 Å². The van der Waals surface area contributed by atoms with Gasteiger partial charge < -0.3 is 5.43 Å². The number of hydrogen-bond donors (Lipinski definition) is 2. The fourth-order valence-corrected chi connectivity index (χ4v) is 1.83. The van der Waals surface area contributed by atoms with Crippen molar-refractivity contribution in [2.75, 3.05) is 5.43 Å². The predicted octanol–water partition coefficient (Wildman–Crippen LogP) is 2.62. The predicted molar refractivity (Wildman–Crippen MR) is 59.3 cm³/mol. The Bertz CT molecular complexity index is 522. The number of anilines is 1. The molecule has 2 aromatic rings. The number of aromatic nitrogens is 1. The van der Waals surface area contributed by atoms with E-state index in [0.717, 1.165) is 5.69 Å². The van der Waals surface area contributed by atoms with Gasteiger partial charge in [0.1, 0.15) is 5.82 Å². The molecule has 78 valence electrons. The Hall–Kier alpha value is -1.39. The van der Waals surface area contributed by atoms with Crippen molar-refractivity contribution in [3.8, 4) is 0 Å². The highest BCUT2D eigenvalue weighted by molar-refractivity contribution is 6.36. The van der Waals surface area contributed by atoms with Crippen molar-refractivity contribution in [3.63, 3.8) is 0 Å². The molecule has 1 heterocycles. The first-order valence-corrected chi connectivity index (χ1v) is 4.72. The van der Waals surface area contributed by atoms with Crippen LogP contribution in [0, 0.1) is 12.7 Å². The second-order valence-corrected chi connectivity index (χ2v) is 3.64. The molecular weight excluding hydrogens is 217 g/mol. The average molecular weight is 226 g/mol. The van der Waals surface area contributed by atoms with E-state index in [2.05, 4.69) is 10.4 Å². The van der Waals surface area contributed by atoms with Crippen molar-refractivity contribution < 1.29 is 4.39 Å². The molecule has 0 spiro atoms. The van der Waals surface area contributed by atoms with Crippen molar-refractivity contribution in [2.24, 2.45) is 5.84 Å². The second-order valence-electron chi connectivity index (χ2n) is 3.24. The molecule has 0 saturated carbocycles. The quantitative estimate of drug-likeness (QED) is 0.580. The first-order valence-electron chi connectivity index (χ1n) is 4.35. The second kappa shape index (κ2) is 3.64. The van der Waals surface area contributed by atoms with Crippen LogP contribution in [0.25, 0.3) is 10.9 Å². The Labute approximate surface area is 91.0 Å². The van der Waals surface area contributed by atoms with Crippen LogP contribution in [0.4, 0.5) is 10.1 Å². The fourth-order valence-electron chi connectivity index (χ4n) is 1.53. The highest BCUT2D eigenvalue weighted by atomic mass is 35.5. The zero-order chi connectivity index (χ0) is 11.0.